The molecule has 0 bridgehead atoms. The van der Waals surface area contributed by atoms with Crippen LogP contribution in [0.2, 0.25) is 0 Å². The predicted octanol–water partition coefficient (Wildman–Crippen LogP) is 3.21. The van der Waals surface area contributed by atoms with Gasteiger partial charge in [-0.05, 0) is 48.2 Å². The van der Waals surface area contributed by atoms with Crippen LogP contribution >= 0.6 is 15.9 Å². The fourth-order valence-corrected chi connectivity index (χ4v) is 2.49. The van der Waals surface area contributed by atoms with Gasteiger partial charge in [-0.1, -0.05) is 40.2 Å². The normalized spacial score (nSPS) is 12.4. The molecule has 0 spiro atoms. The van der Waals surface area contributed by atoms with E-state index in [0.29, 0.717) is 0 Å². The van der Waals surface area contributed by atoms with E-state index < -0.39 is 0 Å². The Kier molecular flexibility index (Phi) is 5.07. The van der Waals surface area contributed by atoms with E-state index in [9.17, 15) is 4.39 Å². The second-order valence-electron chi connectivity index (χ2n) is 4.53. The molecule has 2 aromatic rings. The highest BCUT2D eigenvalue weighted by Gasteiger charge is 2.09. The molecule has 1 atom stereocenters. The first-order valence-electron chi connectivity index (χ1n) is 6.12. The molecule has 0 saturated carbocycles. The number of hydrazine groups is 1. The van der Waals surface area contributed by atoms with E-state index in [-0.39, 0.29) is 11.9 Å². The number of rotatable bonds is 5. The summed E-state index contributed by atoms with van der Waals surface area (Å²) in [7, 11) is 0. The van der Waals surface area contributed by atoms with E-state index in [1.807, 2.05) is 12.1 Å². The minimum Gasteiger partial charge on any atom is -0.271 e. The molecule has 2 rings (SSSR count). The van der Waals surface area contributed by atoms with Crippen LogP contribution in [0.15, 0.2) is 53.0 Å². The molecule has 0 radical (unpaired) electrons. The summed E-state index contributed by atoms with van der Waals surface area (Å²) in [6.45, 7) is 0. The lowest BCUT2D eigenvalue weighted by Crippen LogP contribution is -2.38. The molecule has 0 amide bonds. The second-order valence-corrected chi connectivity index (χ2v) is 5.44. The lowest BCUT2D eigenvalue weighted by atomic mass is 9.99. The Labute approximate surface area is 120 Å². The van der Waals surface area contributed by atoms with Crippen LogP contribution in [-0.4, -0.2) is 6.04 Å². The van der Waals surface area contributed by atoms with Gasteiger partial charge in [0, 0.05) is 10.5 Å². The maximum absolute atomic E-state index is 12.9. The van der Waals surface area contributed by atoms with Gasteiger partial charge in [0.1, 0.15) is 5.82 Å². The van der Waals surface area contributed by atoms with Crippen molar-refractivity contribution in [3.63, 3.8) is 0 Å². The molecule has 19 heavy (non-hydrogen) atoms. The number of benzene rings is 2. The molecule has 1 unspecified atom stereocenters. The third kappa shape index (κ3) is 4.42. The molecule has 2 nitrogen and oxygen atoms in total. The van der Waals surface area contributed by atoms with Crippen LogP contribution in [0.25, 0.3) is 0 Å². The SMILES string of the molecule is NNC(Cc1ccc(F)cc1)Cc1cccc(Br)c1. The Morgan fingerprint density at radius 2 is 1.74 bits per heavy atom. The molecule has 3 N–H and O–H groups in total. The summed E-state index contributed by atoms with van der Waals surface area (Å²) in [5.41, 5.74) is 5.10. The minimum absolute atomic E-state index is 0.125. The van der Waals surface area contributed by atoms with Crippen LogP contribution in [0.3, 0.4) is 0 Å². The standard InChI is InChI=1S/C15H16BrFN2/c16-13-3-1-2-12(8-13)10-15(19-18)9-11-4-6-14(17)7-5-11/h1-8,15,19H,9-10,18H2. The molecule has 0 aromatic heterocycles. The number of halogens is 2. The van der Waals surface area contributed by atoms with Crippen molar-refractivity contribution >= 4 is 15.9 Å². The van der Waals surface area contributed by atoms with Gasteiger partial charge in [-0.2, -0.15) is 0 Å². The van der Waals surface area contributed by atoms with Crippen LogP contribution in [-0.2, 0) is 12.8 Å². The van der Waals surface area contributed by atoms with Gasteiger partial charge in [0.05, 0.1) is 0 Å². The summed E-state index contributed by atoms with van der Waals surface area (Å²) >= 11 is 3.46. The molecular weight excluding hydrogens is 307 g/mol. The summed E-state index contributed by atoms with van der Waals surface area (Å²) in [5.74, 6) is 5.39. The minimum atomic E-state index is -0.215. The zero-order chi connectivity index (χ0) is 13.7. The lowest BCUT2D eigenvalue weighted by molar-refractivity contribution is 0.522. The summed E-state index contributed by atoms with van der Waals surface area (Å²) < 4.78 is 13.9. The van der Waals surface area contributed by atoms with E-state index in [4.69, 9.17) is 5.84 Å². The van der Waals surface area contributed by atoms with Gasteiger partial charge < -0.3 is 0 Å². The molecular formula is C15H16BrFN2. The molecule has 0 aliphatic carbocycles. The van der Waals surface area contributed by atoms with E-state index in [1.165, 1.54) is 17.7 Å². The molecule has 0 fully saturated rings. The Balaban J connectivity index is 2.02. The van der Waals surface area contributed by atoms with Gasteiger partial charge in [0.15, 0.2) is 0 Å². The molecule has 0 saturated heterocycles. The quantitative estimate of drug-likeness (QED) is 0.655. The lowest BCUT2D eigenvalue weighted by Gasteiger charge is -2.16. The third-order valence-corrected chi connectivity index (χ3v) is 3.50. The average molecular weight is 323 g/mol. The Bertz CT molecular complexity index is 528. The largest absolute Gasteiger partial charge is 0.271 e. The highest BCUT2D eigenvalue weighted by Crippen LogP contribution is 2.14. The maximum atomic E-state index is 12.9. The fraction of sp³-hybridized carbons (Fsp3) is 0.200. The van der Waals surface area contributed by atoms with Crippen molar-refractivity contribution in [2.45, 2.75) is 18.9 Å². The summed E-state index contributed by atoms with van der Waals surface area (Å²) in [6.07, 6.45) is 1.59. The molecule has 2 aromatic carbocycles. The smallest absolute Gasteiger partial charge is 0.123 e. The van der Waals surface area contributed by atoms with Crippen molar-refractivity contribution in [1.82, 2.24) is 5.43 Å². The Morgan fingerprint density at radius 1 is 1.05 bits per heavy atom. The van der Waals surface area contributed by atoms with Crippen LogP contribution in [0.5, 0.6) is 0 Å². The molecule has 100 valence electrons. The van der Waals surface area contributed by atoms with Crippen molar-refractivity contribution in [1.29, 1.82) is 0 Å². The van der Waals surface area contributed by atoms with Crippen LogP contribution < -0.4 is 11.3 Å². The average Bonchev–Trinajstić information content (AvgIpc) is 2.40. The zero-order valence-corrected chi connectivity index (χ0v) is 12.0. The van der Waals surface area contributed by atoms with Crippen molar-refractivity contribution in [3.05, 3.63) is 69.9 Å². The van der Waals surface area contributed by atoms with Gasteiger partial charge in [0.2, 0.25) is 0 Å². The van der Waals surface area contributed by atoms with Crippen molar-refractivity contribution in [2.75, 3.05) is 0 Å². The van der Waals surface area contributed by atoms with Crippen molar-refractivity contribution in [2.24, 2.45) is 5.84 Å². The summed E-state index contributed by atoms with van der Waals surface area (Å²) in [4.78, 5) is 0. The first-order valence-corrected chi connectivity index (χ1v) is 6.91. The van der Waals surface area contributed by atoms with E-state index >= 15 is 0 Å². The third-order valence-electron chi connectivity index (χ3n) is 3.00. The van der Waals surface area contributed by atoms with Gasteiger partial charge in [-0.15, -0.1) is 0 Å². The molecule has 0 aliphatic rings. The van der Waals surface area contributed by atoms with Crippen LogP contribution in [0.4, 0.5) is 4.39 Å². The van der Waals surface area contributed by atoms with Crippen LogP contribution in [0.1, 0.15) is 11.1 Å². The maximum Gasteiger partial charge on any atom is 0.123 e. The highest BCUT2D eigenvalue weighted by molar-refractivity contribution is 9.10. The number of hydrogen-bond donors (Lipinski definition) is 2. The number of hydrogen-bond acceptors (Lipinski definition) is 2. The van der Waals surface area contributed by atoms with E-state index in [2.05, 4.69) is 33.5 Å². The second kappa shape index (κ2) is 6.80. The summed E-state index contributed by atoms with van der Waals surface area (Å²) in [5, 5.41) is 0. The van der Waals surface area contributed by atoms with E-state index in [0.717, 1.165) is 22.9 Å². The molecule has 4 heteroatoms. The fourth-order valence-electron chi connectivity index (χ4n) is 2.04. The van der Waals surface area contributed by atoms with Crippen LogP contribution in [0, 0.1) is 5.82 Å². The number of nitrogens with one attached hydrogen (secondary N) is 1. The van der Waals surface area contributed by atoms with Gasteiger partial charge >= 0.3 is 0 Å². The van der Waals surface area contributed by atoms with Gasteiger partial charge in [0.25, 0.3) is 0 Å². The van der Waals surface area contributed by atoms with Gasteiger partial charge in [-0.3, -0.25) is 11.3 Å². The Morgan fingerprint density at radius 3 is 2.37 bits per heavy atom. The topological polar surface area (TPSA) is 38.0 Å². The van der Waals surface area contributed by atoms with Crippen molar-refractivity contribution < 1.29 is 4.39 Å². The number of nitrogens with two attached hydrogens (primary N) is 1. The zero-order valence-electron chi connectivity index (χ0n) is 10.4. The summed E-state index contributed by atoms with van der Waals surface area (Å²) in [6, 6.07) is 14.8. The molecule has 0 heterocycles. The highest BCUT2D eigenvalue weighted by atomic mass is 79.9. The first-order chi connectivity index (χ1) is 9.17. The monoisotopic (exact) mass is 322 g/mol. The van der Waals surface area contributed by atoms with Gasteiger partial charge in [-0.25, -0.2) is 4.39 Å². The van der Waals surface area contributed by atoms with Crippen molar-refractivity contribution in [3.8, 4) is 0 Å². The molecule has 0 aliphatic heterocycles. The Hall–Kier alpha value is -1.23. The predicted molar refractivity (Wildman–Crippen MR) is 79.1 cm³/mol. The van der Waals surface area contributed by atoms with E-state index in [1.54, 1.807) is 12.1 Å². The first kappa shape index (κ1) is 14.2.